The molecule has 19 heteroatoms. The van der Waals surface area contributed by atoms with Crippen LogP contribution in [0.5, 0.6) is 0 Å². The lowest BCUT2D eigenvalue weighted by molar-refractivity contribution is -0.190. The number of carbonyl (C=O) groups excluding carboxylic acids is 4. The number of hydrogen-bond acceptors (Lipinski definition) is 15. The molecule has 2 saturated heterocycles. The standard InChI is InChI=1S/C30H48N2O17/c33-24-1-2-25(34)31(24)30(29(39)40,32-26(35)3-4-27(32)36)23-49-22-21-48-20-19-47-18-17-46-16-15-45-14-13-44-12-11-43-10-9-42-8-7-41-6-5-28(37)38/h1-23H2,(H,37,38)(H,39,40). The van der Waals surface area contributed by atoms with Crippen LogP contribution in [0.1, 0.15) is 32.1 Å². The van der Waals surface area contributed by atoms with Gasteiger partial charge in [-0.25, -0.2) is 14.6 Å². The molecular weight excluding hydrogens is 660 g/mol. The van der Waals surface area contributed by atoms with Gasteiger partial charge in [-0.05, 0) is 0 Å². The van der Waals surface area contributed by atoms with Gasteiger partial charge in [0.05, 0.1) is 119 Å². The Balaban J connectivity index is 1.39. The van der Waals surface area contributed by atoms with E-state index in [0.29, 0.717) is 89.1 Å². The molecule has 0 unspecified atom stereocenters. The first-order valence-electron chi connectivity index (χ1n) is 16.1. The van der Waals surface area contributed by atoms with Crippen LogP contribution in [0.2, 0.25) is 0 Å². The summed E-state index contributed by atoms with van der Waals surface area (Å²) in [5.41, 5.74) is -2.59. The molecule has 2 aliphatic rings. The first kappa shape index (κ1) is 42.0. The van der Waals surface area contributed by atoms with E-state index in [9.17, 15) is 33.9 Å². The largest absolute Gasteiger partial charge is 0.481 e. The second-order valence-electron chi connectivity index (χ2n) is 10.5. The Bertz CT molecular complexity index is 974. The lowest BCUT2D eigenvalue weighted by atomic mass is 10.1. The van der Waals surface area contributed by atoms with Crippen molar-refractivity contribution in [3.05, 3.63) is 0 Å². The van der Waals surface area contributed by atoms with Crippen molar-refractivity contribution in [1.82, 2.24) is 9.80 Å². The number of rotatable bonds is 32. The van der Waals surface area contributed by atoms with Gasteiger partial charge in [0.15, 0.2) is 0 Å². The number of nitrogens with zero attached hydrogens (tertiary/aromatic N) is 2. The Hall–Kier alpha value is -3.14. The van der Waals surface area contributed by atoms with Gasteiger partial charge >= 0.3 is 11.9 Å². The van der Waals surface area contributed by atoms with E-state index in [-0.39, 0.29) is 65.1 Å². The van der Waals surface area contributed by atoms with Crippen LogP contribution in [0.15, 0.2) is 0 Å². The fourth-order valence-electron chi connectivity index (χ4n) is 4.59. The van der Waals surface area contributed by atoms with Crippen molar-refractivity contribution in [1.29, 1.82) is 0 Å². The molecular formula is C30H48N2O17. The van der Waals surface area contributed by atoms with Crippen LogP contribution in [0.3, 0.4) is 0 Å². The van der Waals surface area contributed by atoms with Crippen LogP contribution in [0.4, 0.5) is 0 Å². The SMILES string of the molecule is O=C(O)CCOCCOCCOCCOCCOCCOCCOCCOCCOCC(C(=O)O)(N1C(=O)CCC1=O)N1C(=O)CCC1=O. The molecule has 0 atom stereocenters. The zero-order chi connectivity index (χ0) is 35.7. The molecule has 0 aromatic heterocycles. The maximum absolute atomic E-state index is 12.4. The number of carboxylic acids is 2. The highest BCUT2D eigenvalue weighted by atomic mass is 16.6. The number of ether oxygens (including phenoxy) is 9. The maximum atomic E-state index is 12.4. The third-order valence-corrected chi connectivity index (χ3v) is 6.93. The van der Waals surface area contributed by atoms with Crippen molar-refractivity contribution < 1.29 is 81.6 Å². The molecule has 19 nitrogen and oxygen atoms in total. The third-order valence-electron chi connectivity index (χ3n) is 6.93. The Morgan fingerprint density at radius 1 is 0.449 bits per heavy atom. The quantitative estimate of drug-likeness (QED) is 0.0610. The smallest absolute Gasteiger partial charge is 0.354 e. The van der Waals surface area contributed by atoms with E-state index in [2.05, 4.69) is 0 Å². The zero-order valence-electron chi connectivity index (χ0n) is 27.7. The average molecular weight is 709 g/mol. The highest BCUT2D eigenvalue weighted by Crippen LogP contribution is 2.32. The van der Waals surface area contributed by atoms with Crippen LogP contribution in [-0.4, -0.2) is 180 Å². The maximum Gasteiger partial charge on any atom is 0.354 e. The molecule has 49 heavy (non-hydrogen) atoms. The Morgan fingerprint density at radius 3 is 0.939 bits per heavy atom. The lowest BCUT2D eigenvalue weighted by Crippen LogP contribution is -2.70. The second kappa shape index (κ2) is 24.9. The molecule has 0 aromatic carbocycles. The van der Waals surface area contributed by atoms with Gasteiger partial charge in [0.25, 0.3) is 5.66 Å². The summed E-state index contributed by atoms with van der Waals surface area (Å²) < 4.78 is 48.3. The van der Waals surface area contributed by atoms with Crippen molar-refractivity contribution in [3.63, 3.8) is 0 Å². The van der Waals surface area contributed by atoms with Crippen molar-refractivity contribution in [3.8, 4) is 0 Å². The lowest BCUT2D eigenvalue weighted by Gasteiger charge is -2.41. The van der Waals surface area contributed by atoms with Crippen LogP contribution in [0.25, 0.3) is 0 Å². The van der Waals surface area contributed by atoms with Crippen LogP contribution in [-0.2, 0) is 71.4 Å². The van der Waals surface area contributed by atoms with E-state index in [0.717, 1.165) is 0 Å². The molecule has 2 fully saturated rings. The first-order chi connectivity index (χ1) is 23.7. The van der Waals surface area contributed by atoms with E-state index in [1.54, 1.807) is 0 Å². The van der Waals surface area contributed by atoms with Gasteiger partial charge in [0.2, 0.25) is 23.6 Å². The first-order valence-corrected chi connectivity index (χ1v) is 16.1. The Labute approximate surface area is 283 Å². The van der Waals surface area contributed by atoms with E-state index in [1.807, 2.05) is 0 Å². The molecule has 0 radical (unpaired) electrons. The van der Waals surface area contributed by atoms with Crippen molar-refractivity contribution >= 4 is 35.6 Å². The summed E-state index contributed by atoms with van der Waals surface area (Å²) in [6.07, 6.45) is -0.925. The predicted molar refractivity (Wildman–Crippen MR) is 162 cm³/mol. The second-order valence-corrected chi connectivity index (χ2v) is 10.5. The highest BCUT2D eigenvalue weighted by molar-refractivity contribution is 6.11. The number of amides is 4. The number of likely N-dealkylation sites (tertiary alicyclic amines) is 2. The topological polar surface area (TPSA) is 232 Å². The molecule has 0 saturated carbocycles. The molecule has 2 N–H and O–H groups in total. The number of aliphatic carboxylic acids is 2. The summed E-state index contributed by atoms with van der Waals surface area (Å²) in [5.74, 6) is -5.80. The molecule has 2 heterocycles. The van der Waals surface area contributed by atoms with Gasteiger partial charge in [-0.15, -0.1) is 0 Å². The van der Waals surface area contributed by atoms with Gasteiger partial charge < -0.3 is 52.8 Å². The van der Waals surface area contributed by atoms with Gasteiger partial charge in [-0.2, -0.15) is 0 Å². The summed E-state index contributed by atoms with van der Waals surface area (Å²) >= 11 is 0. The average Bonchev–Trinajstić information content (AvgIpc) is 3.59. The number of carbonyl (C=O) groups is 6. The molecule has 0 spiro atoms. The van der Waals surface area contributed by atoms with Crippen LogP contribution in [0, 0.1) is 0 Å². The Kier molecular flexibility index (Phi) is 21.4. The summed E-state index contributed by atoms with van der Waals surface area (Å²) in [6.45, 7) is 4.38. The molecule has 280 valence electrons. The Morgan fingerprint density at radius 2 is 0.694 bits per heavy atom. The molecule has 0 bridgehead atoms. The fourth-order valence-corrected chi connectivity index (χ4v) is 4.59. The monoisotopic (exact) mass is 708 g/mol. The van der Waals surface area contributed by atoms with Gasteiger partial charge in [-0.1, -0.05) is 0 Å². The van der Waals surface area contributed by atoms with Crippen molar-refractivity contribution in [2.45, 2.75) is 37.8 Å². The predicted octanol–water partition coefficient (Wildman–Crippen LogP) is -1.31. The van der Waals surface area contributed by atoms with E-state index in [4.69, 9.17) is 47.7 Å². The molecule has 2 aliphatic heterocycles. The van der Waals surface area contributed by atoms with Crippen molar-refractivity contribution in [2.24, 2.45) is 0 Å². The van der Waals surface area contributed by atoms with Crippen LogP contribution < -0.4 is 0 Å². The number of hydrogen-bond donors (Lipinski definition) is 2. The summed E-state index contributed by atoms with van der Waals surface area (Å²) in [7, 11) is 0. The fraction of sp³-hybridized carbons (Fsp3) is 0.800. The molecule has 0 aliphatic carbocycles. The van der Waals surface area contributed by atoms with Gasteiger partial charge in [0.1, 0.15) is 6.61 Å². The summed E-state index contributed by atoms with van der Waals surface area (Å²) in [5, 5.41) is 18.5. The van der Waals surface area contributed by atoms with E-state index in [1.165, 1.54) is 0 Å². The highest BCUT2D eigenvalue weighted by Gasteiger charge is 2.61. The minimum Gasteiger partial charge on any atom is -0.481 e. The number of imide groups is 2. The van der Waals surface area contributed by atoms with Gasteiger partial charge in [0, 0.05) is 25.7 Å². The number of carboxylic acid groups (broad SMARTS) is 2. The molecule has 2 rings (SSSR count). The normalized spacial score (nSPS) is 15.3. The summed E-state index contributed by atoms with van der Waals surface area (Å²) in [4.78, 5) is 73.4. The molecule has 0 aromatic rings. The van der Waals surface area contributed by atoms with Crippen LogP contribution >= 0.6 is 0 Å². The minimum absolute atomic E-state index is 0.0263. The molecule has 4 amide bonds. The third kappa shape index (κ3) is 15.5. The van der Waals surface area contributed by atoms with E-state index < -0.39 is 47.8 Å². The van der Waals surface area contributed by atoms with Crippen molar-refractivity contribution in [2.75, 3.05) is 119 Å². The minimum atomic E-state index is -2.59. The van der Waals surface area contributed by atoms with E-state index >= 15 is 0 Å². The summed E-state index contributed by atoms with van der Waals surface area (Å²) in [6, 6.07) is 0. The van der Waals surface area contributed by atoms with Gasteiger partial charge in [-0.3, -0.25) is 24.0 Å². The zero-order valence-corrected chi connectivity index (χ0v) is 27.7.